The molecule has 0 unspecified atom stereocenters. The van der Waals surface area contributed by atoms with Gasteiger partial charge in [0.25, 0.3) is 0 Å². The van der Waals surface area contributed by atoms with E-state index < -0.39 is 14.3 Å². The molecule has 3 aliphatic rings. The molecule has 0 N–H and O–H groups in total. The fourth-order valence-corrected chi connectivity index (χ4v) is 6.04. The van der Waals surface area contributed by atoms with Crippen molar-refractivity contribution in [2.75, 3.05) is 39.5 Å². The second-order valence-electron chi connectivity index (χ2n) is 4.56. The number of benzene rings is 1. The van der Waals surface area contributed by atoms with Gasteiger partial charge in [0, 0.05) is 0 Å². The summed E-state index contributed by atoms with van der Waals surface area (Å²) in [5, 5.41) is 0. The van der Waals surface area contributed by atoms with E-state index in [9.17, 15) is 0 Å². The van der Waals surface area contributed by atoms with Crippen molar-refractivity contribution < 1.29 is 11.3 Å². The van der Waals surface area contributed by atoms with Crippen LogP contribution < -0.4 is 0 Å². The zero-order valence-corrected chi connectivity index (χ0v) is 12.9. The van der Waals surface area contributed by atoms with Gasteiger partial charge in [-0.3, -0.25) is 0 Å². The maximum atomic E-state index is 5.89. The Morgan fingerprint density at radius 1 is 0.895 bits per heavy atom. The summed E-state index contributed by atoms with van der Waals surface area (Å²) in [6.07, 6.45) is 0. The molecular weight excluding hydrogens is 303 g/mol. The minimum atomic E-state index is -3.36. The molecule has 0 spiro atoms. The third-order valence-electron chi connectivity index (χ3n) is 3.23. The zero-order chi connectivity index (χ0) is 13.0. The van der Waals surface area contributed by atoms with Crippen LogP contribution in [0.4, 0.5) is 0 Å². The summed E-state index contributed by atoms with van der Waals surface area (Å²) >= 11 is -3.36. The number of fused-ring (bicyclic) bond motifs is 6. The standard InChI is InChI=1S/C14H17GeNO3/c1-2-4-14(5-3-1)6-7-15-17-11-8-16(9-12-18-15)10-13-19-15/h1-5H,8-13H2. The van der Waals surface area contributed by atoms with Crippen molar-refractivity contribution in [3.05, 3.63) is 35.9 Å². The second-order valence-corrected chi connectivity index (χ2v) is 9.23. The van der Waals surface area contributed by atoms with Gasteiger partial charge in [-0.2, -0.15) is 0 Å². The van der Waals surface area contributed by atoms with Crippen LogP contribution in [0.25, 0.3) is 0 Å². The van der Waals surface area contributed by atoms with E-state index in [0.29, 0.717) is 19.8 Å². The SMILES string of the molecule is C(#[C][Ge]12[O]CCN(CC[O]1)CC[O]2)c1ccccc1. The van der Waals surface area contributed by atoms with Crippen molar-refractivity contribution in [2.24, 2.45) is 0 Å². The molecule has 2 bridgehead atoms. The Bertz CT molecular complexity index is 456. The molecular formula is C14H17GeNO3. The average Bonchev–Trinajstić information content (AvgIpc) is 2.37. The third-order valence-corrected chi connectivity index (χ3v) is 7.81. The zero-order valence-electron chi connectivity index (χ0n) is 10.8. The minimum absolute atomic E-state index is 0.656. The average molecular weight is 320 g/mol. The van der Waals surface area contributed by atoms with Crippen LogP contribution in [0.15, 0.2) is 30.3 Å². The first kappa shape index (κ1) is 13.2. The van der Waals surface area contributed by atoms with Crippen LogP contribution in [0.1, 0.15) is 5.56 Å². The summed E-state index contributed by atoms with van der Waals surface area (Å²) in [6, 6.07) is 9.91. The monoisotopic (exact) mass is 321 g/mol. The first-order valence-corrected chi connectivity index (χ1v) is 10.2. The van der Waals surface area contributed by atoms with Crippen molar-refractivity contribution >= 4 is 14.3 Å². The molecule has 0 aliphatic carbocycles. The number of rotatable bonds is 0. The normalized spacial score (nSPS) is 30.6. The molecule has 0 saturated carbocycles. The molecule has 3 saturated heterocycles. The summed E-state index contributed by atoms with van der Waals surface area (Å²) in [5.74, 6) is 3.15. The molecule has 0 amide bonds. The first-order valence-electron chi connectivity index (χ1n) is 6.59. The first-order chi connectivity index (χ1) is 9.36. The molecule has 19 heavy (non-hydrogen) atoms. The van der Waals surface area contributed by atoms with Crippen LogP contribution in [0.3, 0.4) is 0 Å². The predicted molar refractivity (Wildman–Crippen MR) is 73.4 cm³/mol. The molecule has 0 atom stereocenters. The fourth-order valence-electron chi connectivity index (χ4n) is 2.17. The van der Waals surface area contributed by atoms with Crippen LogP contribution in [-0.4, -0.2) is 58.6 Å². The van der Waals surface area contributed by atoms with Crippen LogP contribution in [0, 0.1) is 10.7 Å². The molecule has 4 nitrogen and oxygen atoms in total. The molecule has 1 aromatic rings. The van der Waals surface area contributed by atoms with Crippen molar-refractivity contribution in [1.29, 1.82) is 0 Å². The van der Waals surface area contributed by atoms with E-state index in [0.717, 1.165) is 25.2 Å². The van der Waals surface area contributed by atoms with Crippen LogP contribution in [0.2, 0.25) is 0 Å². The molecule has 1 aromatic carbocycles. The molecule has 5 heteroatoms. The Morgan fingerprint density at radius 3 is 2.05 bits per heavy atom. The van der Waals surface area contributed by atoms with Gasteiger partial charge < -0.3 is 0 Å². The molecule has 0 aromatic heterocycles. The van der Waals surface area contributed by atoms with Gasteiger partial charge >= 0.3 is 116 Å². The van der Waals surface area contributed by atoms with Crippen LogP contribution in [0.5, 0.6) is 0 Å². The Kier molecular flexibility index (Phi) is 4.21. The van der Waals surface area contributed by atoms with E-state index in [-0.39, 0.29) is 0 Å². The molecule has 4 rings (SSSR count). The van der Waals surface area contributed by atoms with E-state index >= 15 is 0 Å². The molecule has 3 fully saturated rings. The summed E-state index contributed by atoms with van der Waals surface area (Å²) in [6.45, 7) is 4.82. The third kappa shape index (κ3) is 3.38. The van der Waals surface area contributed by atoms with E-state index in [2.05, 4.69) is 15.6 Å². The molecule has 100 valence electrons. The van der Waals surface area contributed by atoms with Crippen LogP contribution in [-0.2, 0) is 11.3 Å². The summed E-state index contributed by atoms with van der Waals surface area (Å²) in [4.78, 5) is 2.30. The molecule has 3 aliphatic heterocycles. The second kappa shape index (κ2) is 6.08. The van der Waals surface area contributed by atoms with E-state index in [1.807, 2.05) is 30.3 Å². The Hall–Kier alpha value is -0.837. The van der Waals surface area contributed by atoms with E-state index in [1.54, 1.807) is 0 Å². The number of nitrogens with zero attached hydrogens (tertiary/aromatic N) is 1. The van der Waals surface area contributed by atoms with Gasteiger partial charge in [-0.1, -0.05) is 0 Å². The Balaban J connectivity index is 1.81. The summed E-state index contributed by atoms with van der Waals surface area (Å²) in [7, 11) is 0. The van der Waals surface area contributed by atoms with Gasteiger partial charge in [-0.25, -0.2) is 0 Å². The maximum absolute atomic E-state index is 5.89. The summed E-state index contributed by atoms with van der Waals surface area (Å²) < 4.78 is 20.9. The molecule has 3 heterocycles. The number of hydrogen-bond donors (Lipinski definition) is 0. The molecule has 0 radical (unpaired) electrons. The Labute approximate surface area is 117 Å². The van der Waals surface area contributed by atoms with E-state index in [1.165, 1.54) is 0 Å². The van der Waals surface area contributed by atoms with E-state index in [4.69, 9.17) is 11.3 Å². The van der Waals surface area contributed by atoms with Gasteiger partial charge in [0.05, 0.1) is 0 Å². The fraction of sp³-hybridized carbons (Fsp3) is 0.429. The summed E-state index contributed by atoms with van der Waals surface area (Å²) in [5.41, 5.74) is 0.976. The van der Waals surface area contributed by atoms with Gasteiger partial charge in [-0.05, 0) is 0 Å². The van der Waals surface area contributed by atoms with Gasteiger partial charge in [0.1, 0.15) is 0 Å². The predicted octanol–water partition coefficient (Wildman–Crippen LogP) is 0.895. The van der Waals surface area contributed by atoms with Crippen LogP contribution >= 0.6 is 0 Å². The topological polar surface area (TPSA) is 30.9 Å². The van der Waals surface area contributed by atoms with Gasteiger partial charge in [0.2, 0.25) is 0 Å². The van der Waals surface area contributed by atoms with Crippen molar-refractivity contribution in [1.82, 2.24) is 4.90 Å². The number of hydrogen-bond acceptors (Lipinski definition) is 4. The quantitative estimate of drug-likeness (QED) is 0.525. The van der Waals surface area contributed by atoms with Gasteiger partial charge in [-0.15, -0.1) is 0 Å². The van der Waals surface area contributed by atoms with Crippen molar-refractivity contribution in [3.8, 4) is 10.7 Å². The van der Waals surface area contributed by atoms with Crippen molar-refractivity contribution in [2.45, 2.75) is 0 Å². The Morgan fingerprint density at radius 2 is 1.47 bits per heavy atom. The van der Waals surface area contributed by atoms with Crippen molar-refractivity contribution in [3.63, 3.8) is 0 Å². The van der Waals surface area contributed by atoms with Gasteiger partial charge in [0.15, 0.2) is 0 Å².